The summed E-state index contributed by atoms with van der Waals surface area (Å²) in [5.74, 6) is 0.331. The van der Waals surface area contributed by atoms with Crippen molar-refractivity contribution in [3.05, 3.63) is 64.4 Å². The van der Waals surface area contributed by atoms with Crippen LogP contribution in [0, 0.1) is 5.82 Å². The SMILES string of the molecule is O[C@H]1CN(Cc2cccc(OCc3c(F)cccc3Cl)c2)C[C@@H]1N1CCCCC1. The van der Waals surface area contributed by atoms with Gasteiger partial charge in [0, 0.05) is 31.2 Å². The molecule has 2 aromatic carbocycles. The highest BCUT2D eigenvalue weighted by atomic mass is 35.5. The van der Waals surface area contributed by atoms with Gasteiger partial charge in [0.15, 0.2) is 0 Å². The molecule has 2 aliphatic heterocycles. The molecule has 2 saturated heterocycles. The number of hydrogen-bond acceptors (Lipinski definition) is 4. The molecular formula is C23H28ClFN2O2. The molecule has 2 aliphatic rings. The van der Waals surface area contributed by atoms with Crippen LogP contribution in [0.4, 0.5) is 4.39 Å². The van der Waals surface area contributed by atoms with E-state index in [4.69, 9.17) is 16.3 Å². The lowest BCUT2D eigenvalue weighted by atomic mass is 10.1. The zero-order valence-electron chi connectivity index (χ0n) is 16.6. The molecule has 29 heavy (non-hydrogen) atoms. The van der Waals surface area contributed by atoms with E-state index >= 15 is 0 Å². The van der Waals surface area contributed by atoms with E-state index < -0.39 is 0 Å². The minimum Gasteiger partial charge on any atom is -0.489 e. The highest BCUT2D eigenvalue weighted by Gasteiger charge is 2.35. The molecule has 0 aliphatic carbocycles. The normalized spacial score (nSPS) is 23.4. The average Bonchev–Trinajstić information content (AvgIpc) is 3.08. The second-order valence-corrected chi connectivity index (χ2v) is 8.47. The average molecular weight is 419 g/mol. The van der Waals surface area contributed by atoms with Crippen LogP contribution in [0.5, 0.6) is 5.75 Å². The quantitative estimate of drug-likeness (QED) is 0.766. The smallest absolute Gasteiger partial charge is 0.131 e. The molecule has 2 aromatic rings. The van der Waals surface area contributed by atoms with Crippen LogP contribution in [0.2, 0.25) is 5.02 Å². The first kappa shape index (κ1) is 20.6. The first-order chi connectivity index (χ1) is 14.1. The molecule has 4 rings (SSSR count). The molecule has 2 heterocycles. The Morgan fingerprint density at radius 2 is 1.86 bits per heavy atom. The lowest BCUT2D eigenvalue weighted by Gasteiger charge is -2.33. The van der Waals surface area contributed by atoms with E-state index in [1.54, 1.807) is 12.1 Å². The Kier molecular flexibility index (Phi) is 6.70. The number of rotatable bonds is 6. The van der Waals surface area contributed by atoms with Crippen LogP contribution in [0.1, 0.15) is 30.4 Å². The number of β-amino-alcohol motifs (C(OH)–C–C–N with tert-alkyl or cyclic N) is 1. The predicted molar refractivity (Wildman–Crippen MR) is 113 cm³/mol. The Labute approximate surface area is 176 Å². The van der Waals surface area contributed by atoms with Gasteiger partial charge in [0.1, 0.15) is 18.2 Å². The molecule has 0 saturated carbocycles. The van der Waals surface area contributed by atoms with Gasteiger partial charge in [-0.25, -0.2) is 4.39 Å². The highest BCUT2D eigenvalue weighted by molar-refractivity contribution is 6.31. The molecule has 0 bridgehead atoms. The number of benzene rings is 2. The minimum absolute atomic E-state index is 0.0917. The summed E-state index contributed by atoms with van der Waals surface area (Å²) in [4.78, 5) is 4.75. The monoisotopic (exact) mass is 418 g/mol. The van der Waals surface area contributed by atoms with Gasteiger partial charge in [0.05, 0.1) is 11.1 Å². The molecule has 2 fully saturated rings. The van der Waals surface area contributed by atoms with Crippen LogP contribution >= 0.6 is 11.6 Å². The maximum atomic E-state index is 13.9. The molecule has 0 unspecified atom stereocenters. The van der Waals surface area contributed by atoms with Crippen molar-refractivity contribution in [2.24, 2.45) is 0 Å². The van der Waals surface area contributed by atoms with Crippen molar-refractivity contribution in [1.29, 1.82) is 0 Å². The van der Waals surface area contributed by atoms with Crippen molar-refractivity contribution < 1.29 is 14.2 Å². The number of likely N-dealkylation sites (tertiary alicyclic amines) is 2. The Balaban J connectivity index is 1.35. The number of nitrogens with zero attached hydrogens (tertiary/aromatic N) is 2. The summed E-state index contributed by atoms with van der Waals surface area (Å²) in [6.45, 7) is 4.62. The van der Waals surface area contributed by atoms with Gasteiger partial charge in [-0.15, -0.1) is 0 Å². The highest BCUT2D eigenvalue weighted by Crippen LogP contribution is 2.25. The van der Waals surface area contributed by atoms with Crippen molar-refractivity contribution in [2.75, 3.05) is 26.2 Å². The van der Waals surface area contributed by atoms with Gasteiger partial charge >= 0.3 is 0 Å². The van der Waals surface area contributed by atoms with Gasteiger partial charge < -0.3 is 9.84 Å². The lowest BCUT2D eigenvalue weighted by molar-refractivity contribution is 0.0706. The third-order valence-electron chi connectivity index (χ3n) is 5.94. The van der Waals surface area contributed by atoms with E-state index in [1.807, 2.05) is 18.2 Å². The molecule has 0 amide bonds. The van der Waals surface area contributed by atoms with Crippen LogP contribution in [-0.2, 0) is 13.2 Å². The number of hydrogen-bond donors (Lipinski definition) is 1. The van der Waals surface area contributed by atoms with Crippen molar-refractivity contribution in [2.45, 2.75) is 44.6 Å². The molecule has 1 N–H and O–H groups in total. The zero-order chi connectivity index (χ0) is 20.2. The van der Waals surface area contributed by atoms with E-state index in [9.17, 15) is 9.50 Å². The van der Waals surface area contributed by atoms with Crippen LogP contribution in [0.25, 0.3) is 0 Å². The van der Waals surface area contributed by atoms with Gasteiger partial charge in [-0.1, -0.05) is 36.2 Å². The topological polar surface area (TPSA) is 35.9 Å². The summed E-state index contributed by atoms with van der Waals surface area (Å²) in [6, 6.07) is 12.7. The summed E-state index contributed by atoms with van der Waals surface area (Å²) in [6.07, 6.45) is 3.47. The molecule has 156 valence electrons. The molecule has 0 spiro atoms. The number of halogens is 2. The van der Waals surface area contributed by atoms with E-state index in [2.05, 4.69) is 15.9 Å². The number of ether oxygens (including phenoxy) is 1. The fourth-order valence-electron chi connectivity index (χ4n) is 4.40. The Bertz CT molecular complexity index is 808. The largest absolute Gasteiger partial charge is 0.489 e. The molecule has 0 aromatic heterocycles. The molecule has 2 atom stereocenters. The van der Waals surface area contributed by atoms with Crippen molar-refractivity contribution in [3.8, 4) is 5.75 Å². The second kappa shape index (κ2) is 9.43. The van der Waals surface area contributed by atoms with E-state index in [-0.39, 0.29) is 24.6 Å². The fraction of sp³-hybridized carbons (Fsp3) is 0.478. The molecular weight excluding hydrogens is 391 g/mol. The summed E-state index contributed by atoms with van der Waals surface area (Å²) in [5.41, 5.74) is 1.49. The maximum Gasteiger partial charge on any atom is 0.131 e. The first-order valence-corrected chi connectivity index (χ1v) is 10.8. The van der Waals surface area contributed by atoms with Gasteiger partial charge in [-0.3, -0.25) is 9.80 Å². The third kappa shape index (κ3) is 5.10. The number of piperidine rings is 1. The maximum absolute atomic E-state index is 13.9. The van der Waals surface area contributed by atoms with Crippen LogP contribution in [0.15, 0.2) is 42.5 Å². The van der Waals surface area contributed by atoms with Crippen LogP contribution in [-0.4, -0.2) is 53.2 Å². The van der Waals surface area contributed by atoms with Gasteiger partial charge in [-0.2, -0.15) is 0 Å². The summed E-state index contributed by atoms with van der Waals surface area (Å²) < 4.78 is 19.7. The minimum atomic E-state index is -0.358. The Morgan fingerprint density at radius 3 is 2.66 bits per heavy atom. The Morgan fingerprint density at radius 1 is 1.07 bits per heavy atom. The second-order valence-electron chi connectivity index (χ2n) is 8.06. The van der Waals surface area contributed by atoms with E-state index in [0.717, 1.165) is 31.7 Å². The molecule has 0 radical (unpaired) electrons. The zero-order valence-corrected chi connectivity index (χ0v) is 17.3. The summed E-state index contributed by atoms with van der Waals surface area (Å²) >= 11 is 6.08. The predicted octanol–water partition coefficient (Wildman–Crippen LogP) is 4.09. The van der Waals surface area contributed by atoms with E-state index in [1.165, 1.54) is 25.3 Å². The summed E-state index contributed by atoms with van der Waals surface area (Å²) in [7, 11) is 0. The fourth-order valence-corrected chi connectivity index (χ4v) is 4.62. The Hall–Kier alpha value is -1.66. The molecule has 6 heteroatoms. The third-order valence-corrected chi connectivity index (χ3v) is 6.30. The van der Waals surface area contributed by atoms with Crippen molar-refractivity contribution in [1.82, 2.24) is 9.80 Å². The van der Waals surface area contributed by atoms with Gasteiger partial charge in [0.2, 0.25) is 0 Å². The van der Waals surface area contributed by atoms with Gasteiger partial charge in [0.25, 0.3) is 0 Å². The standard InChI is InChI=1S/C23H28ClFN2O2/c24-20-8-5-9-21(25)19(20)16-29-18-7-4-6-17(12-18)13-26-14-22(23(28)15-26)27-10-2-1-3-11-27/h4-9,12,22-23,28H,1-3,10-11,13-16H2/t22-,23-/m0/s1. The van der Waals surface area contributed by atoms with Crippen molar-refractivity contribution >= 4 is 11.6 Å². The number of aliphatic hydroxyl groups excluding tert-OH is 1. The van der Waals surface area contributed by atoms with Gasteiger partial charge in [-0.05, 0) is 55.8 Å². The number of aliphatic hydroxyl groups is 1. The van der Waals surface area contributed by atoms with E-state index in [0.29, 0.717) is 22.9 Å². The lowest BCUT2D eigenvalue weighted by Crippen LogP contribution is -2.45. The summed E-state index contributed by atoms with van der Waals surface area (Å²) in [5, 5.41) is 10.9. The molecule has 4 nitrogen and oxygen atoms in total. The van der Waals surface area contributed by atoms with Crippen LogP contribution < -0.4 is 4.74 Å². The first-order valence-electron chi connectivity index (χ1n) is 10.4. The van der Waals surface area contributed by atoms with Crippen LogP contribution in [0.3, 0.4) is 0 Å². The van der Waals surface area contributed by atoms with Crippen molar-refractivity contribution in [3.63, 3.8) is 0 Å².